The highest BCUT2D eigenvalue weighted by Gasteiger charge is 2.27. The minimum absolute atomic E-state index is 0.238. The van der Waals surface area contributed by atoms with E-state index in [0.717, 1.165) is 12.8 Å². The standard InChI is InChI=1S/C14H13Cl2N3O/c15-8-1-4-11(16)12(5-8)18-14(20)13-6-9(17)7-19(13)10-2-3-10/h1,4-7,10H,2-3,17H2,(H,18,20). The predicted octanol–water partition coefficient (Wildman–Crippen LogP) is 3.96. The molecule has 0 radical (unpaired) electrons. The second kappa shape index (κ2) is 5.04. The molecule has 1 fully saturated rings. The Balaban J connectivity index is 1.87. The van der Waals surface area contributed by atoms with Gasteiger partial charge < -0.3 is 15.6 Å². The Morgan fingerprint density at radius 2 is 2.05 bits per heavy atom. The monoisotopic (exact) mass is 309 g/mol. The van der Waals surface area contributed by atoms with Gasteiger partial charge in [-0.1, -0.05) is 23.2 Å². The van der Waals surface area contributed by atoms with Gasteiger partial charge in [0.25, 0.3) is 5.91 Å². The zero-order chi connectivity index (χ0) is 14.3. The van der Waals surface area contributed by atoms with E-state index in [-0.39, 0.29) is 5.91 Å². The molecule has 0 unspecified atom stereocenters. The summed E-state index contributed by atoms with van der Waals surface area (Å²) < 4.78 is 1.92. The van der Waals surface area contributed by atoms with Crippen molar-refractivity contribution >= 4 is 40.5 Å². The molecule has 1 aromatic carbocycles. The predicted molar refractivity (Wildman–Crippen MR) is 81.5 cm³/mol. The fourth-order valence-corrected chi connectivity index (χ4v) is 2.45. The fraction of sp³-hybridized carbons (Fsp3) is 0.214. The van der Waals surface area contributed by atoms with Crippen LogP contribution in [-0.4, -0.2) is 10.5 Å². The smallest absolute Gasteiger partial charge is 0.272 e. The summed E-state index contributed by atoms with van der Waals surface area (Å²) in [6, 6.07) is 6.99. The molecule has 3 N–H and O–H groups in total. The molecule has 2 aromatic rings. The van der Waals surface area contributed by atoms with Crippen molar-refractivity contribution in [3.63, 3.8) is 0 Å². The Bertz CT molecular complexity index is 677. The lowest BCUT2D eigenvalue weighted by molar-refractivity contribution is 0.101. The lowest BCUT2D eigenvalue weighted by Crippen LogP contribution is -2.16. The van der Waals surface area contributed by atoms with Crippen molar-refractivity contribution in [1.82, 2.24) is 4.57 Å². The molecule has 1 aromatic heterocycles. The van der Waals surface area contributed by atoms with Crippen LogP contribution in [0.4, 0.5) is 11.4 Å². The normalized spacial score (nSPS) is 14.3. The first-order valence-corrected chi connectivity index (χ1v) is 7.04. The molecular formula is C14H13Cl2N3O. The number of nitrogens with two attached hydrogens (primary N) is 1. The number of benzene rings is 1. The van der Waals surface area contributed by atoms with Crippen molar-refractivity contribution in [1.29, 1.82) is 0 Å². The molecule has 1 aliphatic rings. The largest absolute Gasteiger partial charge is 0.397 e. The average molecular weight is 310 g/mol. The zero-order valence-corrected chi connectivity index (χ0v) is 12.1. The van der Waals surface area contributed by atoms with Crippen LogP contribution in [0.3, 0.4) is 0 Å². The molecule has 104 valence electrons. The average Bonchev–Trinajstić information content (AvgIpc) is 3.17. The summed E-state index contributed by atoms with van der Waals surface area (Å²) in [5.74, 6) is -0.238. The molecular weight excluding hydrogens is 297 g/mol. The summed E-state index contributed by atoms with van der Waals surface area (Å²) >= 11 is 11.9. The Morgan fingerprint density at radius 1 is 1.30 bits per heavy atom. The van der Waals surface area contributed by atoms with Crippen LogP contribution in [0.15, 0.2) is 30.5 Å². The molecule has 0 aliphatic heterocycles. The summed E-state index contributed by atoms with van der Waals surface area (Å²) in [7, 11) is 0. The molecule has 0 spiro atoms. The van der Waals surface area contributed by atoms with E-state index >= 15 is 0 Å². The summed E-state index contributed by atoms with van der Waals surface area (Å²) in [5, 5.41) is 3.73. The first-order valence-electron chi connectivity index (χ1n) is 6.28. The summed E-state index contributed by atoms with van der Waals surface area (Å²) in [4.78, 5) is 12.4. The second-order valence-electron chi connectivity index (χ2n) is 4.88. The van der Waals surface area contributed by atoms with E-state index in [9.17, 15) is 4.79 Å². The van der Waals surface area contributed by atoms with E-state index in [1.54, 1.807) is 30.5 Å². The molecule has 0 saturated heterocycles. The van der Waals surface area contributed by atoms with Crippen LogP contribution in [0.1, 0.15) is 29.4 Å². The summed E-state index contributed by atoms with van der Waals surface area (Å²) in [6.45, 7) is 0. The third-order valence-corrected chi connectivity index (χ3v) is 3.78. The number of hydrogen-bond donors (Lipinski definition) is 2. The van der Waals surface area contributed by atoms with Crippen LogP contribution < -0.4 is 11.1 Å². The number of nitrogens with zero attached hydrogens (tertiary/aromatic N) is 1. The number of anilines is 2. The van der Waals surface area contributed by atoms with Crippen molar-refractivity contribution in [2.45, 2.75) is 18.9 Å². The van der Waals surface area contributed by atoms with Gasteiger partial charge in [-0.2, -0.15) is 0 Å². The van der Waals surface area contributed by atoms with Gasteiger partial charge in [-0.05, 0) is 37.1 Å². The Kier molecular flexibility index (Phi) is 3.36. The van der Waals surface area contributed by atoms with Gasteiger partial charge in [-0.3, -0.25) is 4.79 Å². The van der Waals surface area contributed by atoms with Gasteiger partial charge >= 0.3 is 0 Å². The van der Waals surface area contributed by atoms with Gasteiger partial charge in [-0.15, -0.1) is 0 Å². The minimum Gasteiger partial charge on any atom is -0.397 e. The van der Waals surface area contributed by atoms with Gasteiger partial charge in [0.2, 0.25) is 0 Å². The van der Waals surface area contributed by atoms with Crippen molar-refractivity contribution in [2.75, 3.05) is 11.1 Å². The maximum absolute atomic E-state index is 12.4. The van der Waals surface area contributed by atoms with E-state index < -0.39 is 0 Å². The number of halogens is 2. The SMILES string of the molecule is Nc1cc(C(=O)Nc2cc(Cl)ccc2Cl)n(C2CC2)c1. The van der Waals surface area contributed by atoms with Gasteiger partial charge in [-0.25, -0.2) is 0 Å². The van der Waals surface area contributed by atoms with Crippen molar-refractivity contribution < 1.29 is 4.79 Å². The molecule has 1 amide bonds. The number of carbonyl (C=O) groups excluding carboxylic acids is 1. The Morgan fingerprint density at radius 3 is 2.75 bits per heavy atom. The highest BCUT2D eigenvalue weighted by Crippen LogP contribution is 2.37. The Labute approximate surface area is 126 Å². The first kappa shape index (κ1) is 13.3. The summed E-state index contributed by atoms with van der Waals surface area (Å²) in [6.07, 6.45) is 3.95. The molecule has 6 heteroatoms. The minimum atomic E-state index is -0.238. The molecule has 1 heterocycles. The molecule has 0 atom stereocenters. The number of nitrogens with one attached hydrogen (secondary N) is 1. The number of rotatable bonds is 3. The lowest BCUT2D eigenvalue weighted by Gasteiger charge is -2.10. The quantitative estimate of drug-likeness (QED) is 0.901. The first-order chi connectivity index (χ1) is 9.54. The zero-order valence-electron chi connectivity index (χ0n) is 10.6. The number of amides is 1. The van der Waals surface area contributed by atoms with Gasteiger partial charge in [0.05, 0.1) is 16.4 Å². The number of carbonyl (C=O) groups is 1. The van der Waals surface area contributed by atoms with Crippen LogP contribution in [-0.2, 0) is 0 Å². The van der Waals surface area contributed by atoms with Gasteiger partial charge in [0.1, 0.15) is 5.69 Å². The van der Waals surface area contributed by atoms with E-state index in [4.69, 9.17) is 28.9 Å². The van der Waals surface area contributed by atoms with Gasteiger partial charge in [0, 0.05) is 17.3 Å². The maximum atomic E-state index is 12.4. The molecule has 1 aliphatic carbocycles. The summed E-state index contributed by atoms with van der Waals surface area (Å²) in [5.41, 5.74) is 7.40. The third-order valence-electron chi connectivity index (χ3n) is 3.22. The third kappa shape index (κ3) is 2.62. The molecule has 0 bridgehead atoms. The highest BCUT2D eigenvalue weighted by atomic mass is 35.5. The Hall–Kier alpha value is -1.65. The van der Waals surface area contributed by atoms with Crippen LogP contribution in [0, 0.1) is 0 Å². The maximum Gasteiger partial charge on any atom is 0.272 e. The lowest BCUT2D eigenvalue weighted by atomic mass is 10.3. The van der Waals surface area contributed by atoms with Crippen molar-refractivity contribution in [3.8, 4) is 0 Å². The second-order valence-corrected chi connectivity index (χ2v) is 5.72. The van der Waals surface area contributed by atoms with E-state index in [1.807, 2.05) is 4.57 Å². The van der Waals surface area contributed by atoms with Crippen LogP contribution in [0.5, 0.6) is 0 Å². The van der Waals surface area contributed by atoms with Crippen molar-refractivity contribution in [2.24, 2.45) is 0 Å². The number of nitrogen functional groups attached to an aromatic ring is 1. The van der Waals surface area contributed by atoms with Crippen molar-refractivity contribution in [3.05, 3.63) is 46.2 Å². The van der Waals surface area contributed by atoms with E-state index in [0.29, 0.717) is 33.2 Å². The molecule has 20 heavy (non-hydrogen) atoms. The van der Waals surface area contributed by atoms with Gasteiger partial charge in [0.15, 0.2) is 0 Å². The molecule has 1 saturated carbocycles. The van der Waals surface area contributed by atoms with Crippen LogP contribution in [0.2, 0.25) is 10.0 Å². The van der Waals surface area contributed by atoms with Crippen LogP contribution >= 0.6 is 23.2 Å². The van der Waals surface area contributed by atoms with E-state index in [1.165, 1.54) is 0 Å². The van der Waals surface area contributed by atoms with Crippen LogP contribution in [0.25, 0.3) is 0 Å². The number of hydrogen-bond acceptors (Lipinski definition) is 2. The highest BCUT2D eigenvalue weighted by molar-refractivity contribution is 6.35. The number of aromatic nitrogens is 1. The fourth-order valence-electron chi connectivity index (χ4n) is 2.12. The molecule has 4 nitrogen and oxygen atoms in total. The van der Waals surface area contributed by atoms with E-state index in [2.05, 4.69) is 5.32 Å². The molecule has 3 rings (SSSR count). The topological polar surface area (TPSA) is 60.1 Å².